The summed E-state index contributed by atoms with van der Waals surface area (Å²) in [7, 11) is 0. The Bertz CT molecular complexity index is 397. The molecule has 0 saturated carbocycles. The summed E-state index contributed by atoms with van der Waals surface area (Å²) in [5.74, 6) is -0.600. The van der Waals surface area contributed by atoms with E-state index in [0.29, 0.717) is 12.8 Å². The van der Waals surface area contributed by atoms with Crippen LogP contribution in [0.4, 0.5) is 0 Å². The molecule has 0 rings (SSSR count). The molecule has 0 aromatic carbocycles. The third-order valence-electron chi connectivity index (χ3n) is 5.40. The minimum atomic E-state index is -0.755. The molecule has 0 heterocycles. The lowest BCUT2D eigenvalue weighted by molar-refractivity contribution is -0.161. The van der Waals surface area contributed by atoms with E-state index in [2.05, 4.69) is 13.8 Å². The molecule has 0 aliphatic carbocycles. The highest BCUT2D eigenvalue weighted by Gasteiger charge is 2.16. The van der Waals surface area contributed by atoms with Crippen molar-refractivity contribution in [1.82, 2.24) is 0 Å². The number of carbonyl (C=O) groups is 2. The van der Waals surface area contributed by atoms with Gasteiger partial charge in [0.05, 0.1) is 6.61 Å². The molecule has 0 radical (unpaired) electrons. The Morgan fingerprint density at radius 3 is 1.47 bits per heavy atom. The lowest BCUT2D eigenvalue weighted by Gasteiger charge is -2.15. The predicted octanol–water partition coefficient (Wildman–Crippen LogP) is 6.50. The SMILES string of the molecule is CCCCCCCCCCCC(=O)OC[C@H](CO)OC(=O)CCCCCCCCC. The maximum absolute atomic E-state index is 11.9. The number of aliphatic hydroxyl groups is 1. The summed E-state index contributed by atoms with van der Waals surface area (Å²) in [4.78, 5) is 23.7. The Hall–Kier alpha value is -1.10. The molecular formula is C25H48O5. The van der Waals surface area contributed by atoms with Crippen LogP contribution in [0.2, 0.25) is 0 Å². The molecule has 30 heavy (non-hydrogen) atoms. The van der Waals surface area contributed by atoms with Crippen LogP contribution in [0, 0.1) is 0 Å². The summed E-state index contributed by atoms with van der Waals surface area (Å²) in [5, 5.41) is 9.36. The second-order valence-electron chi connectivity index (χ2n) is 8.43. The zero-order valence-electron chi connectivity index (χ0n) is 19.8. The first-order chi connectivity index (χ1) is 14.6. The lowest BCUT2D eigenvalue weighted by Crippen LogP contribution is -2.28. The first-order valence-electron chi connectivity index (χ1n) is 12.6. The Balaban J connectivity index is 3.63. The molecule has 0 saturated heterocycles. The molecule has 1 N–H and O–H groups in total. The van der Waals surface area contributed by atoms with Gasteiger partial charge in [0.1, 0.15) is 6.61 Å². The number of aliphatic hydroxyl groups excluding tert-OH is 1. The number of esters is 2. The van der Waals surface area contributed by atoms with Crippen molar-refractivity contribution in [3.8, 4) is 0 Å². The molecule has 5 heteroatoms. The molecule has 0 unspecified atom stereocenters. The van der Waals surface area contributed by atoms with E-state index < -0.39 is 6.10 Å². The minimum Gasteiger partial charge on any atom is -0.462 e. The van der Waals surface area contributed by atoms with E-state index in [9.17, 15) is 14.7 Å². The van der Waals surface area contributed by atoms with Crippen LogP contribution in [0.1, 0.15) is 129 Å². The van der Waals surface area contributed by atoms with Crippen LogP contribution in [-0.2, 0) is 19.1 Å². The number of hydrogen-bond acceptors (Lipinski definition) is 5. The fraction of sp³-hybridized carbons (Fsp3) is 0.920. The van der Waals surface area contributed by atoms with Crippen molar-refractivity contribution in [2.45, 2.75) is 136 Å². The van der Waals surface area contributed by atoms with Gasteiger partial charge in [0.15, 0.2) is 6.10 Å². The molecule has 0 amide bonds. The predicted molar refractivity (Wildman–Crippen MR) is 122 cm³/mol. The summed E-state index contributed by atoms with van der Waals surface area (Å²) in [6.07, 6.45) is 18.8. The Kier molecular flexibility index (Phi) is 21.8. The van der Waals surface area contributed by atoms with Crippen molar-refractivity contribution >= 4 is 11.9 Å². The van der Waals surface area contributed by atoms with E-state index >= 15 is 0 Å². The quantitative estimate of drug-likeness (QED) is 0.157. The van der Waals surface area contributed by atoms with Crippen molar-refractivity contribution in [1.29, 1.82) is 0 Å². The summed E-state index contributed by atoms with van der Waals surface area (Å²) in [6.45, 7) is 4.04. The van der Waals surface area contributed by atoms with Gasteiger partial charge >= 0.3 is 11.9 Å². The average molecular weight is 429 g/mol. The summed E-state index contributed by atoms with van der Waals surface area (Å²) in [6, 6.07) is 0. The molecule has 1 atom stereocenters. The molecule has 0 spiro atoms. The lowest BCUT2D eigenvalue weighted by atomic mass is 10.1. The number of hydrogen-bond donors (Lipinski definition) is 1. The van der Waals surface area contributed by atoms with Gasteiger partial charge in [-0.2, -0.15) is 0 Å². The van der Waals surface area contributed by atoms with Gasteiger partial charge in [0.2, 0.25) is 0 Å². The minimum absolute atomic E-state index is 0.0600. The maximum Gasteiger partial charge on any atom is 0.306 e. The van der Waals surface area contributed by atoms with Crippen LogP contribution in [0.15, 0.2) is 0 Å². The zero-order chi connectivity index (χ0) is 22.3. The number of unbranched alkanes of at least 4 members (excludes halogenated alkanes) is 14. The van der Waals surface area contributed by atoms with Gasteiger partial charge in [-0.3, -0.25) is 9.59 Å². The van der Waals surface area contributed by atoms with Crippen LogP contribution in [0.25, 0.3) is 0 Å². The molecular weight excluding hydrogens is 380 g/mol. The molecule has 178 valence electrons. The molecule has 5 nitrogen and oxygen atoms in total. The highest BCUT2D eigenvalue weighted by atomic mass is 16.6. The van der Waals surface area contributed by atoms with Gasteiger partial charge in [-0.15, -0.1) is 0 Å². The Morgan fingerprint density at radius 1 is 0.633 bits per heavy atom. The Morgan fingerprint density at radius 2 is 1.03 bits per heavy atom. The summed E-state index contributed by atoms with van der Waals surface area (Å²) >= 11 is 0. The molecule has 0 bridgehead atoms. The average Bonchev–Trinajstić information content (AvgIpc) is 2.74. The van der Waals surface area contributed by atoms with E-state index in [1.54, 1.807) is 0 Å². The molecule has 0 aliphatic rings. The van der Waals surface area contributed by atoms with Crippen molar-refractivity contribution < 1.29 is 24.2 Å². The topological polar surface area (TPSA) is 72.8 Å². The normalized spacial score (nSPS) is 12.0. The van der Waals surface area contributed by atoms with Crippen LogP contribution in [0.5, 0.6) is 0 Å². The fourth-order valence-corrected chi connectivity index (χ4v) is 3.43. The third-order valence-corrected chi connectivity index (χ3v) is 5.40. The second-order valence-corrected chi connectivity index (χ2v) is 8.43. The van der Waals surface area contributed by atoms with Gasteiger partial charge in [-0.1, -0.05) is 104 Å². The van der Waals surface area contributed by atoms with Crippen molar-refractivity contribution in [2.24, 2.45) is 0 Å². The van der Waals surface area contributed by atoms with E-state index in [4.69, 9.17) is 9.47 Å². The zero-order valence-corrected chi connectivity index (χ0v) is 19.8. The molecule has 0 aromatic rings. The van der Waals surface area contributed by atoms with E-state index in [-0.39, 0.29) is 25.2 Å². The van der Waals surface area contributed by atoms with Crippen LogP contribution >= 0.6 is 0 Å². The third kappa shape index (κ3) is 20.2. The summed E-state index contributed by atoms with van der Waals surface area (Å²) < 4.78 is 10.4. The number of ether oxygens (including phenoxy) is 2. The molecule has 0 aromatic heterocycles. The van der Waals surface area contributed by atoms with Gasteiger partial charge in [-0.05, 0) is 12.8 Å². The van der Waals surface area contributed by atoms with E-state index in [1.807, 2.05) is 0 Å². The van der Waals surface area contributed by atoms with Crippen LogP contribution in [0.3, 0.4) is 0 Å². The van der Waals surface area contributed by atoms with Gasteiger partial charge < -0.3 is 14.6 Å². The summed E-state index contributed by atoms with van der Waals surface area (Å²) in [5.41, 5.74) is 0. The molecule has 0 aliphatic heterocycles. The largest absolute Gasteiger partial charge is 0.462 e. The monoisotopic (exact) mass is 428 g/mol. The smallest absolute Gasteiger partial charge is 0.306 e. The molecule has 0 fully saturated rings. The van der Waals surface area contributed by atoms with Gasteiger partial charge in [0.25, 0.3) is 0 Å². The fourth-order valence-electron chi connectivity index (χ4n) is 3.43. The highest BCUT2D eigenvalue weighted by molar-refractivity contribution is 5.70. The Labute approximate surface area is 185 Å². The van der Waals surface area contributed by atoms with Crippen molar-refractivity contribution in [2.75, 3.05) is 13.2 Å². The second kappa shape index (κ2) is 22.6. The standard InChI is InChI=1S/C25H48O5/c1-3-5-7-9-11-12-14-15-17-19-24(27)29-22-23(21-26)30-25(28)20-18-16-13-10-8-6-4-2/h23,26H,3-22H2,1-2H3/t23-/m0/s1. The van der Waals surface area contributed by atoms with E-state index in [1.165, 1.54) is 64.2 Å². The van der Waals surface area contributed by atoms with E-state index in [0.717, 1.165) is 38.5 Å². The number of carbonyl (C=O) groups excluding carboxylic acids is 2. The first-order valence-corrected chi connectivity index (χ1v) is 12.6. The van der Waals surface area contributed by atoms with Crippen molar-refractivity contribution in [3.05, 3.63) is 0 Å². The van der Waals surface area contributed by atoms with Gasteiger partial charge in [-0.25, -0.2) is 0 Å². The van der Waals surface area contributed by atoms with Gasteiger partial charge in [0, 0.05) is 12.8 Å². The first kappa shape index (κ1) is 28.9. The number of rotatable bonds is 22. The van der Waals surface area contributed by atoms with Crippen molar-refractivity contribution in [3.63, 3.8) is 0 Å². The maximum atomic E-state index is 11.9. The van der Waals surface area contributed by atoms with Crippen LogP contribution < -0.4 is 0 Å². The van der Waals surface area contributed by atoms with Crippen LogP contribution in [-0.4, -0.2) is 36.4 Å². The highest BCUT2D eigenvalue weighted by Crippen LogP contribution is 2.12.